The number of aryl methyl sites for hydroxylation is 1. The minimum absolute atomic E-state index is 0.300. The van der Waals surface area contributed by atoms with Gasteiger partial charge in [0.25, 0.3) is 0 Å². The molecule has 0 aliphatic heterocycles. The van der Waals surface area contributed by atoms with Crippen LogP contribution in [0.25, 0.3) is 0 Å². The molecule has 0 aliphatic rings. The molecule has 0 spiro atoms. The van der Waals surface area contributed by atoms with Gasteiger partial charge in [-0.2, -0.15) is 0 Å². The molecule has 0 aliphatic carbocycles. The van der Waals surface area contributed by atoms with Crippen LogP contribution in [0.1, 0.15) is 18.1 Å². The van der Waals surface area contributed by atoms with Crippen molar-refractivity contribution in [3.8, 4) is 5.75 Å². The molecule has 1 atom stereocenters. The molecule has 0 unspecified atom stereocenters. The van der Waals surface area contributed by atoms with Crippen LogP contribution in [0.5, 0.6) is 5.75 Å². The highest BCUT2D eigenvalue weighted by atomic mass is 16.3. The third-order valence-electron chi connectivity index (χ3n) is 1.99. The van der Waals surface area contributed by atoms with Crippen LogP contribution < -0.4 is 5.32 Å². The van der Waals surface area contributed by atoms with Crippen LogP contribution in [-0.4, -0.2) is 22.9 Å². The quantitative estimate of drug-likeness (QED) is 0.676. The van der Waals surface area contributed by atoms with E-state index in [0.717, 1.165) is 11.1 Å². The molecule has 0 amide bonds. The Balaban J connectivity index is 2.53. The minimum Gasteiger partial charge on any atom is -0.508 e. The molecule has 0 fully saturated rings. The van der Waals surface area contributed by atoms with E-state index < -0.39 is 0 Å². The molecule has 0 saturated heterocycles. The van der Waals surface area contributed by atoms with Gasteiger partial charge in [-0.25, -0.2) is 0 Å². The van der Waals surface area contributed by atoms with Crippen LogP contribution in [-0.2, 0) is 6.54 Å². The van der Waals surface area contributed by atoms with Crippen LogP contribution >= 0.6 is 0 Å². The fourth-order valence-corrected chi connectivity index (χ4v) is 1.27. The van der Waals surface area contributed by atoms with Crippen molar-refractivity contribution >= 4 is 0 Å². The van der Waals surface area contributed by atoms with Gasteiger partial charge in [0, 0.05) is 18.7 Å². The number of hydrogen-bond acceptors (Lipinski definition) is 3. The molecule has 0 heterocycles. The third-order valence-corrected chi connectivity index (χ3v) is 1.99. The lowest BCUT2D eigenvalue weighted by atomic mass is 10.1. The molecular formula is C11H17NO2. The molecule has 3 heteroatoms. The zero-order valence-electron chi connectivity index (χ0n) is 8.62. The lowest BCUT2D eigenvalue weighted by Crippen LogP contribution is -2.23. The summed E-state index contributed by atoms with van der Waals surface area (Å²) < 4.78 is 0. The van der Waals surface area contributed by atoms with E-state index in [-0.39, 0.29) is 6.10 Å². The number of nitrogens with one attached hydrogen (secondary N) is 1. The number of phenolic OH excluding ortho intramolecular Hbond substituents is 1. The molecule has 1 aromatic carbocycles. The van der Waals surface area contributed by atoms with Crippen molar-refractivity contribution in [2.24, 2.45) is 0 Å². The molecule has 14 heavy (non-hydrogen) atoms. The number of phenols is 1. The summed E-state index contributed by atoms with van der Waals surface area (Å²) in [5.41, 5.74) is 1.99. The zero-order chi connectivity index (χ0) is 10.6. The van der Waals surface area contributed by atoms with Crippen molar-refractivity contribution in [1.29, 1.82) is 0 Å². The fraction of sp³-hybridized carbons (Fsp3) is 0.455. The number of rotatable bonds is 4. The summed E-state index contributed by atoms with van der Waals surface area (Å²) in [4.78, 5) is 0. The smallest absolute Gasteiger partial charge is 0.120 e. The third kappa shape index (κ3) is 3.36. The van der Waals surface area contributed by atoms with E-state index in [9.17, 15) is 5.11 Å². The molecule has 0 aromatic heterocycles. The van der Waals surface area contributed by atoms with E-state index in [1.54, 1.807) is 13.0 Å². The van der Waals surface area contributed by atoms with Gasteiger partial charge in [-0.05, 0) is 19.9 Å². The summed E-state index contributed by atoms with van der Waals surface area (Å²) in [5, 5.41) is 21.6. The van der Waals surface area contributed by atoms with E-state index in [2.05, 4.69) is 5.32 Å². The predicted molar refractivity (Wildman–Crippen MR) is 56.2 cm³/mol. The van der Waals surface area contributed by atoms with Crippen LogP contribution in [0.15, 0.2) is 18.2 Å². The van der Waals surface area contributed by atoms with E-state index in [1.807, 2.05) is 19.1 Å². The summed E-state index contributed by atoms with van der Waals surface area (Å²) in [7, 11) is 0. The maximum Gasteiger partial charge on any atom is 0.120 e. The van der Waals surface area contributed by atoms with Crippen molar-refractivity contribution < 1.29 is 10.2 Å². The number of aliphatic hydroxyl groups excluding tert-OH is 1. The van der Waals surface area contributed by atoms with E-state index in [4.69, 9.17) is 5.11 Å². The highest BCUT2D eigenvalue weighted by Gasteiger charge is 2.01. The number of aliphatic hydroxyl groups is 1. The van der Waals surface area contributed by atoms with Crippen molar-refractivity contribution in [2.45, 2.75) is 26.5 Å². The van der Waals surface area contributed by atoms with Gasteiger partial charge in [-0.1, -0.05) is 17.7 Å². The summed E-state index contributed by atoms with van der Waals surface area (Å²) in [6.07, 6.45) is -0.359. The van der Waals surface area contributed by atoms with Gasteiger partial charge in [0.1, 0.15) is 5.75 Å². The number of hydrogen-bond donors (Lipinski definition) is 3. The predicted octanol–water partition coefficient (Wildman–Crippen LogP) is 1.17. The second kappa shape index (κ2) is 4.98. The second-order valence-electron chi connectivity index (χ2n) is 3.61. The van der Waals surface area contributed by atoms with Crippen LogP contribution in [0.3, 0.4) is 0 Å². The average Bonchev–Trinajstić information content (AvgIpc) is 2.10. The lowest BCUT2D eigenvalue weighted by molar-refractivity contribution is 0.191. The van der Waals surface area contributed by atoms with Gasteiger partial charge in [0.2, 0.25) is 0 Å². The normalized spacial score (nSPS) is 12.8. The maximum atomic E-state index is 9.50. The van der Waals surface area contributed by atoms with Gasteiger partial charge >= 0.3 is 0 Å². The minimum atomic E-state index is -0.359. The lowest BCUT2D eigenvalue weighted by Gasteiger charge is -2.08. The van der Waals surface area contributed by atoms with E-state index >= 15 is 0 Å². The Hall–Kier alpha value is -1.06. The highest BCUT2D eigenvalue weighted by molar-refractivity contribution is 5.35. The first-order valence-electron chi connectivity index (χ1n) is 4.77. The molecule has 3 nitrogen and oxygen atoms in total. The Morgan fingerprint density at radius 2 is 2.14 bits per heavy atom. The van der Waals surface area contributed by atoms with Crippen molar-refractivity contribution in [3.05, 3.63) is 29.3 Å². The monoisotopic (exact) mass is 195 g/mol. The van der Waals surface area contributed by atoms with Gasteiger partial charge in [-0.3, -0.25) is 0 Å². The Kier molecular flexibility index (Phi) is 3.92. The van der Waals surface area contributed by atoms with Crippen LogP contribution in [0.2, 0.25) is 0 Å². The van der Waals surface area contributed by atoms with Crippen molar-refractivity contribution in [3.63, 3.8) is 0 Å². The Morgan fingerprint density at radius 1 is 1.43 bits per heavy atom. The van der Waals surface area contributed by atoms with Gasteiger partial charge in [0.15, 0.2) is 0 Å². The first-order valence-corrected chi connectivity index (χ1v) is 4.77. The number of aromatic hydroxyl groups is 1. The molecule has 1 aromatic rings. The topological polar surface area (TPSA) is 52.5 Å². The van der Waals surface area contributed by atoms with Gasteiger partial charge < -0.3 is 15.5 Å². The summed E-state index contributed by atoms with van der Waals surface area (Å²) >= 11 is 0. The second-order valence-corrected chi connectivity index (χ2v) is 3.61. The Labute approximate surface area is 84.4 Å². The Bertz CT molecular complexity index is 297. The standard InChI is InChI=1S/C11H17NO2/c1-8-3-4-11(14)10(5-8)7-12-6-9(2)13/h3-5,9,12-14H,6-7H2,1-2H3/t9-/m1/s1. The van der Waals surface area contributed by atoms with Crippen molar-refractivity contribution in [1.82, 2.24) is 5.32 Å². The van der Waals surface area contributed by atoms with E-state index in [0.29, 0.717) is 18.8 Å². The number of benzene rings is 1. The first-order chi connectivity index (χ1) is 6.59. The Morgan fingerprint density at radius 3 is 2.79 bits per heavy atom. The maximum absolute atomic E-state index is 9.50. The van der Waals surface area contributed by atoms with E-state index in [1.165, 1.54) is 0 Å². The first kappa shape index (κ1) is 11.0. The van der Waals surface area contributed by atoms with Gasteiger partial charge in [0.05, 0.1) is 6.10 Å². The molecule has 0 saturated carbocycles. The molecule has 3 N–H and O–H groups in total. The molecule has 0 radical (unpaired) electrons. The summed E-state index contributed by atoms with van der Waals surface area (Å²) in [6.45, 7) is 4.83. The van der Waals surface area contributed by atoms with Crippen molar-refractivity contribution in [2.75, 3.05) is 6.54 Å². The van der Waals surface area contributed by atoms with Crippen LogP contribution in [0, 0.1) is 6.92 Å². The molecule has 1 rings (SSSR count). The average molecular weight is 195 g/mol. The van der Waals surface area contributed by atoms with Crippen LogP contribution in [0.4, 0.5) is 0 Å². The molecule has 78 valence electrons. The summed E-state index contributed by atoms with van der Waals surface area (Å²) in [6, 6.07) is 5.49. The molecular weight excluding hydrogens is 178 g/mol. The highest BCUT2D eigenvalue weighted by Crippen LogP contribution is 2.17. The zero-order valence-corrected chi connectivity index (χ0v) is 8.62. The fourth-order valence-electron chi connectivity index (χ4n) is 1.27. The van der Waals surface area contributed by atoms with Gasteiger partial charge in [-0.15, -0.1) is 0 Å². The SMILES string of the molecule is Cc1ccc(O)c(CNC[C@@H](C)O)c1. The largest absolute Gasteiger partial charge is 0.508 e. The molecule has 0 bridgehead atoms. The summed E-state index contributed by atoms with van der Waals surface area (Å²) in [5.74, 6) is 0.300.